The van der Waals surface area contributed by atoms with E-state index >= 15 is 0 Å². The first-order chi connectivity index (χ1) is 8.40. The Morgan fingerprint density at radius 1 is 1.11 bits per heavy atom. The minimum absolute atomic E-state index is 0.0260. The summed E-state index contributed by atoms with van der Waals surface area (Å²) in [6, 6.07) is 7.05. The van der Waals surface area contributed by atoms with Gasteiger partial charge in [-0.05, 0) is 39.8 Å². The molecule has 1 aromatic carbocycles. The molecule has 0 saturated heterocycles. The number of esters is 1. The molecule has 98 valence electrons. The van der Waals surface area contributed by atoms with E-state index in [2.05, 4.69) is 5.32 Å². The van der Waals surface area contributed by atoms with Gasteiger partial charge in [0.2, 0.25) is 0 Å². The molecule has 0 aliphatic carbocycles. The van der Waals surface area contributed by atoms with Crippen LogP contribution in [0.1, 0.15) is 36.7 Å². The first-order valence-electron chi connectivity index (χ1n) is 5.98. The Balaban J connectivity index is 2.59. The standard InChI is InChI=1S/C14H19NO3/c1-9(2)15-13(16)11(4)18-14(17)12-7-5-10(3)6-8-12/h5-9,11H,1-4H3,(H,15,16). The molecule has 0 aliphatic rings. The van der Waals surface area contributed by atoms with Gasteiger partial charge in [0.1, 0.15) is 0 Å². The second-order valence-electron chi connectivity index (χ2n) is 4.58. The van der Waals surface area contributed by atoms with Gasteiger partial charge in [-0.1, -0.05) is 17.7 Å². The lowest BCUT2D eigenvalue weighted by atomic mass is 10.1. The molecule has 0 radical (unpaired) electrons. The van der Waals surface area contributed by atoms with Crippen LogP contribution in [0.5, 0.6) is 0 Å². The number of carbonyl (C=O) groups excluding carboxylic acids is 2. The molecule has 4 nitrogen and oxygen atoms in total. The molecule has 18 heavy (non-hydrogen) atoms. The summed E-state index contributed by atoms with van der Waals surface area (Å²) in [5.41, 5.74) is 1.52. The van der Waals surface area contributed by atoms with E-state index in [0.717, 1.165) is 5.56 Å². The topological polar surface area (TPSA) is 55.4 Å². The molecule has 4 heteroatoms. The highest BCUT2D eigenvalue weighted by molar-refractivity contribution is 5.92. The molecule has 1 amide bonds. The quantitative estimate of drug-likeness (QED) is 0.831. The van der Waals surface area contributed by atoms with Crippen LogP contribution in [-0.4, -0.2) is 24.0 Å². The molecule has 0 bridgehead atoms. The van der Waals surface area contributed by atoms with Gasteiger partial charge in [0.15, 0.2) is 6.10 Å². The minimum Gasteiger partial charge on any atom is -0.449 e. The summed E-state index contributed by atoms with van der Waals surface area (Å²) in [5.74, 6) is -0.771. The summed E-state index contributed by atoms with van der Waals surface area (Å²) in [6.45, 7) is 7.20. The smallest absolute Gasteiger partial charge is 0.338 e. The van der Waals surface area contributed by atoms with Crippen molar-refractivity contribution in [1.82, 2.24) is 5.32 Å². The molecule has 0 spiro atoms. The SMILES string of the molecule is Cc1ccc(C(=O)OC(C)C(=O)NC(C)C)cc1. The Hall–Kier alpha value is -1.84. The molecule has 1 N–H and O–H groups in total. The van der Waals surface area contributed by atoms with Crippen LogP contribution in [0.15, 0.2) is 24.3 Å². The highest BCUT2D eigenvalue weighted by Gasteiger charge is 2.19. The van der Waals surface area contributed by atoms with Crippen molar-refractivity contribution in [3.8, 4) is 0 Å². The van der Waals surface area contributed by atoms with Crippen LogP contribution in [-0.2, 0) is 9.53 Å². The Morgan fingerprint density at radius 3 is 2.17 bits per heavy atom. The van der Waals surface area contributed by atoms with Crippen LogP contribution in [0, 0.1) is 6.92 Å². The van der Waals surface area contributed by atoms with E-state index in [9.17, 15) is 9.59 Å². The molecule has 0 saturated carbocycles. The zero-order valence-corrected chi connectivity index (χ0v) is 11.2. The average Bonchev–Trinajstić information content (AvgIpc) is 2.28. The van der Waals surface area contributed by atoms with Crippen LogP contribution >= 0.6 is 0 Å². The molecule has 0 aliphatic heterocycles. The van der Waals surface area contributed by atoms with Gasteiger partial charge in [0.05, 0.1) is 5.56 Å². The monoisotopic (exact) mass is 249 g/mol. The lowest BCUT2D eigenvalue weighted by Gasteiger charge is -2.15. The number of carbonyl (C=O) groups is 2. The zero-order valence-electron chi connectivity index (χ0n) is 11.2. The summed E-state index contributed by atoms with van der Waals surface area (Å²) in [7, 11) is 0. The maximum atomic E-state index is 11.8. The second kappa shape index (κ2) is 6.19. The first kappa shape index (κ1) is 14.2. The van der Waals surface area contributed by atoms with Crippen LogP contribution < -0.4 is 5.32 Å². The third-order valence-corrected chi connectivity index (χ3v) is 2.37. The summed E-state index contributed by atoms with van der Waals surface area (Å²) in [5, 5.41) is 2.69. The Kier molecular flexibility index (Phi) is 4.89. The van der Waals surface area contributed by atoms with E-state index in [-0.39, 0.29) is 11.9 Å². The number of hydrogen-bond acceptors (Lipinski definition) is 3. The molecule has 1 unspecified atom stereocenters. The van der Waals surface area contributed by atoms with Gasteiger partial charge in [-0.2, -0.15) is 0 Å². The molecular formula is C14H19NO3. The summed E-state index contributed by atoms with van der Waals surface area (Å²) < 4.78 is 5.09. The van der Waals surface area contributed by atoms with Crippen LogP contribution in [0.25, 0.3) is 0 Å². The van der Waals surface area contributed by atoms with Gasteiger partial charge < -0.3 is 10.1 Å². The van der Waals surface area contributed by atoms with E-state index in [0.29, 0.717) is 5.56 Å². The fourth-order valence-corrected chi connectivity index (χ4v) is 1.37. The first-order valence-corrected chi connectivity index (χ1v) is 5.98. The van der Waals surface area contributed by atoms with Gasteiger partial charge >= 0.3 is 5.97 Å². The lowest BCUT2D eigenvalue weighted by Crippen LogP contribution is -2.39. The van der Waals surface area contributed by atoms with Crippen molar-refractivity contribution in [2.24, 2.45) is 0 Å². The molecule has 1 atom stereocenters. The number of aryl methyl sites for hydroxylation is 1. The molecule has 0 heterocycles. The maximum absolute atomic E-state index is 11.8. The molecular weight excluding hydrogens is 230 g/mol. The van der Waals surface area contributed by atoms with Gasteiger partial charge in [-0.25, -0.2) is 4.79 Å². The van der Waals surface area contributed by atoms with E-state index in [1.807, 2.05) is 32.9 Å². The molecule has 1 rings (SSSR count). The highest BCUT2D eigenvalue weighted by atomic mass is 16.5. The average molecular weight is 249 g/mol. The Morgan fingerprint density at radius 2 is 1.67 bits per heavy atom. The molecule has 0 aromatic heterocycles. The number of ether oxygens (including phenoxy) is 1. The van der Waals surface area contributed by atoms with Gasteiger partial charge in [-0.3, -0.25) is 4.79 Å². The maximum Gasteiger partial charge on any atom is 0.338 e. The second-order valence-corrected chi connectivity index (χ2v) is 4.58. The Bertz CT molecular complexity index is 423. The van der Waals surface area contributed by atoms with Crippen molar-refractivity contribution >= 4 is 11.9 Å². The van der Waals surface area contributed by atoms with Crippen molar-refractivity contribution in [3.05, 3.63) is 35.4 Å². The fourth-order valence-electron chi connectivity index (χ4n) is 1.37. The third kappa shape index (κ3) is 4.20. The largest absolute Gasteiger partial charge is 0.449 e. The van der Waals surface area contributed by atoms with Crippen LogP contribution in [0.2, 0.25) is 0 Å². The van der Waals surface area contributed by atoms with E-state index in [1.165, 1.54) is 0 Å². The number of rotatable bonds is 4. The van der Waals surface area contributed by atoms with Crippen LogP contribution in [0.3, 0.4) is 0 Å². The summed E-state index contributed by atoms with van der Waals surface area (Å²) in [4.78, 5) is 23.3. The minimum atomic E-state index is -0.791. The lowest BCUT2D eigenvalue weighted by molar-refractivity contribution is -0.129. The highest BCUT2D eigenvalue weighted by Crippen LogP contribution is 2.06. The summed E-state index contributed by atoms with van der Waals surface area (Å²) in [6.07, 6.45) is -0.791. The molecule has 0 fully saturated rings. The number of amides is 1. The normalized spacial score (nSPS) is 12.1. The zero-order chi connectivity index (χ0) is 13.7. The summed E-state index contributed by atoms with van der Waals surface area (Å²) >= 11 is 0. The number of hydrogen-bond donors (Lipinski definition) is 1. The molecule has 1 aromatic rings. The Labute approximate surface area is 107 Å². The van der Waals surface area contributed by atoms with Crippen molar-refractivity contribution in [1.29, 1.82) is 0 Å². The predicted octanol–water partition coefficient (Wildman–Crippen LogP) is 2.06. The van der Waals surface area contributed by atoms with Gasteiger partial charge in [0, 0.05) is 6.04 Å². The van der Waals surface area contributed by atoms with Crippen molar-refractivity contribution in [3.63, 3.8) is 0 Å². The third-order valence-electron chi connectivity index (χ3n) is 2.37. The van der Waals surface area contributed by atoms with Crippen molar-refractivity contribution in [2.45, 2.75) is 39.8 Å². The number of nitrogens with one attached hydrogen (secondary N) is 1. The van der Waals surface area contributed by atoms with Crippen LogP contribution in [0.4, 0.5) is 0 Å². The van der Waals surface area contributed by atoms with E-state index in [1.54, 1.807) is 19.1 Å². The van der Waals surface area contributed by atoms with E-state index < -0.39 is 12.1 Å². The predicted molar refractivity (Wildman–Crippen MR) is 69.3 cm³/mol. The number of benzene rings is 1. The fraction of sp³-hybridized carbons (Fsp3) is 0.429. The van der Waals surface area contributed by atoms with Gasteiger partial charge in [0.25, 0.3) is 5.91 Å². The van der Waals surface area contributed by atoms with Crippen molar-refractivity contribution < 1.29 is 14.3 Å². The van der Waals surface area contributed by atoms with Gasteiger partial charge in [-0.15, -0.1) is 0 Å². The van der Waals surface area contributed by atoms with E-state index in [4.69, 9.17) is 4.74 Å². The van der Waals surface area contributed by atoms with Crippen molar-refractivity contribution in [2.75, 3.05) is 0 Å².